The van der Waals surface area contributed by atoms with Gasteiger partial charge in [-0.05, 0) is 47.9 Å². The molecule has 0 spiro atoms. The summed E-state index contributed by atoms with van der Waals surface area (Å²) in [5, 5.41) is 0. The standard InChI is InChI=1S/C28H34O4/c1-25(2)17-28(6)22(32-24(30)20-15-11-8-12-16-20)21(27(25,5)18-26(28,3)4)31-23(29)19-13-9-7-10-14-19/h7-16,21-22H,17-18H2,1-6H3. The van der Waals surface area contributed by atoms with Gasteiger partial charge in [-0.2, -0.15) is 0 Å². The van der Waals surface area contributed by atoms with E-state index in [4.69, 9.17) is 9.47 Å². The molecule has 0 radical (unpaired) electrons. The first-order valence-electron chi connectivity index (χ1n) is 11.4. The summed E-state index contributed by atoms with van der Waals surface area (Å²) in [5.41, 5.74) is 0.143. The quantitative estimate of drug-likeness (QED) is 0.529. The first kappa shape index (κ1) is 22.6. The molecule has 0 saturated heterocycles. The zero-order valence-electron chi connectivity index (χ0n) is 20.0. The number of hydrogen-bond acceptors (Lipinski definition) is 4. The van der Waals surface area contributed by atoms with Crippen LogP contribution < -0.4 is 0 Å². The number of rotatable bonds is 4. The van der Waals surface area contributed by atoms with Crippen molar-refractivity contribution in [2.45, 2.75) is 66.6 Å². The molecule has 170 valence electrons. The highest BCUT2D eigenvalue weighted by molar-refractivity contribution is 5.90. The molecule has 3 saturated carbocycles. The third kappa shape index (κ3) is 3.35. The van der Waals surface area contributed by atoms with Gasteiger partial charge in [0.15, 0.2) is 0 Å². The Hall–Kier alpha value is -2.62. The van der Waals surface area contributed by atoms with E-state index in [0.717, 1.165) is 12.8 Å². The zero-order valence-corrected chi connectivity index (χ0v) is 20.0. The molecule has 4 atom stereocenters. The molecule has 2 aromatic rings. The molecule has 32 heavy (non-hydrogen) atoms. The summed E-state index contributed by atoms with van der Waals surface area (Å²) in [7, 11) is 0. The second-order valence-electron chi connectivity index (χ2n) is 11.3. The highest BCUT2D eigenvalue weighted by Gasteiger charge is 2.72. The first-order valence-corrected chi connectivity index (χ1v) is 11.4. The molecule has 3 aliphatic rings. The minimum Gasteiger partial charge on any atom is -0.454 e. The van der Waals surface area contributed by atoms with Crippen LogP contribution in [0.15, 0.2) is 60.7 Å². The van der Waals surface area contributed by atoms with Crippen molar-refractivity contribution < 1.29 is 19.1 Å². The Kier molecular flexibility index (Phi) is 5.27. The molecule has 0 aromatic heterocycles. The molecule has 2 bridgehead atoms. The van der Waals surface area contributed by atoms with Crippen LogP contribution in [0, 0.1) is 21.7 Å². The van der Waals surface area contributed by atoms with Crippen LogP contribution in [0.25, 0.3) is 0 Å². The van der Waals surface area contributed by atoms with Gasteiger partial charge >= 0.3 is 11.9 Å². The van der Waals surface area contributed by atoms with Gasteiger partial charge in [-0.3, -0.25) is 0 Å². The monoisotopic (exact) mass is 434 g/mol. The van der Waals surface area contributed by atoms with Gasteiger partial charge in [0.2, 0.25) is 0 Å². The number of benzene rings is 2. The van der Waals surface area contributed by atoms with Crippen molar-refractivity contribution in [2.75, 3.05) is 0 Å². The summed E-state index contributed by atoms with van der Waals surface area (Å²) in [6.45, 7) is 13.4. The van der Waals surface area contributed by atoms with Crippen LogP contribution in [0.4, 0.5) is 0 Å². The summed E-state index contributed by atoms with van der Waals surface area (Å²) >= 11 is 0. The molecule has 4 nitrogen and oxygen atoms in total. The third-order valence-electron chi connectivity index (χ3n) is 8.73. The maximum absolute atomic E-state index is 13.1. The Morgan fingerprint density at radius 3 is 1.25 bits per heavy atom. The molecular formula is C28H34O4. The van der Waals surface area contributed by atoms with Gasteiger partial charge in [-0.15, -0.1) is 0 Å². The van der Waals surface area contributed by atoms with Gasteiger partial charge in [0.1, 0.15) is 12.2 Å². The second-order valence-corrected chi connectivity index (χ2v) is 11.3. The van der Waals surface area contributed by atoms with Gasteiger partial charge in [0, 0.05) is 10.8 Å². The predicted octanol–water partition coefficient (Wildman–Crippen LogP) is 6.31. The number of carbonyl (C=O) groups excluding carboxylic acids is 2. The Morgan fingerprint density at radius 2 is 0.938 bits per heavy atom. The second kappa shape index (κ2) is 7.47. The summed E-state index contributed by atoms with van der Waals surface area (Å²) in [6, 6.07) is 18.1. The minimum atomic E-state index is -0.537. The lowest BCUT2D eigenvalue weighted by Crippen LogP contribution is -2.73. The van der Waals surface area contributed by atoms with Crippen molar-refractivity contribution >= 4 is 11.9 Å². The van der Waals surface area contributed by atoms with E-state index < -0.39 is 12.2 Å². The molecular weight excluding hydrogens is 400 g/mol. The first-order chi connectivity index (χ1) is 14.9. The van der Waals surface area contributed by atoms with E-state index in [2.05, 4.69) is 41.5 Å². The smallest absolute Gasteiger partial charge is 0.338 e. The lowest BCUT2D eigenvalue weighted by Gasteiger charge is -2.71. The van der Waals surface area contributed by atoms with E-state index in [9.17, 15) is 9.59 Å². The largest absolute Gasteiger partial charge is 0.454 e. The van der Waals surface area contributed by atoms with Crippen LogP contribution in [-0.4, -0.2) is 24.1 Å². The van der Waals surface area contributed by atoms with Crippen molar-refractivity contribution in [2.24, 2.45) is 21.7 Å². The van der Waals surface area contributed by atoms with Crippen LogP contribution in [0.3, 0.4) is 0 Å². The van der Waals surface area contributed by atoms with E-state index in [0.29, 0.717) is 11.1 Å². The van der Waals surface area contributed by atoms with Crippen molar-refractivity contribution in [3.63, 3.8) is 0 Å². The Morgan fingerprint density at radius 1 is 0.625 bits per heavy atom. The molecule has 4 heteroatoms. The molecule has 3 fully saturated rings. The Balaban J connectivity index is 1.76. The van der Waals surface area contributed by atoms with E-state index in [-0.39, 0.29) is 33.6 Å². The molecule has 2 aromatic carbocycles. The van der Waals surface area contributed by atoms with Crippen LogP contribution in [0.5, 0.6) is 0 Å². The average molecular weight is 435 g/mol. The maximum Gasteiger partial charge on any atom is 0.338 e. The lowest BCUT2D eigenvalue weighted by atomic mass is 9.35. The molecule has 3 aliphatic carbocycles. The Labute approximate surface area is 191 Å². The summed E-state index contributed by atoms with van der Waals surface area (Å²) < 4.78 is 12.5. The number of ether oxygens (including phenoxy) is 2. The Bertz CT molecular complexity index is 927. The van der Waals surface area contributed by atoms with Crippen LogP contribution in [-0.2, 0) is 9.47 Å². The normalized spacial score (nSPS) is 32.2. The van der Waals surface area contributed by atoms with E-state index >= 15 is 0 Å². The predicted molar refractivity (Wildman–Crippen MR) is 124 cm³/mol. The third-order valence-corrected chi connectivity index (χ3v) is 8.73. The van der Waals surface area contributed by atoms with Crippen molar-refractivity contribution in [1.29, 1.82) is 0 Å². The number of esters is 2. The highest BCUT2D eigenvalue weighted by atomic mass is 16.6. The van der Waals surface area contributed by atoms with Gasteiger partial charge in [-0.1, -0.05) is 77.9 Å². The van der Waals surface area contributed by atoms with Crippen LogP contribution in [0.2, 0.25) is 0 Å². The van der Waals surface area contributed by atoms with Gasteiger partial charge in [0.05, 0.1) is 11.1 Å². The fourth-order valence-electron chi connectivity index (χ4n) is 6.26. The zero-order chi connectivity index (χ0) is 23.4. The minimum absolute atomic E-state index is 0.0887. The summed E-state index contributed by atoms with van der Waals surface area (Å²) in [5.74, 6) is -0.746. The SMILES string of the molecule is CC1(C)CC2(C)C(OC(=O)c3ccccc3)C(OC(=O)c3ccccc3)C1(C)CC2(C)C. The highest BCUT2D eigenvalue weighted by Crippen LogP contribution is 2.72. The fraction of sp³-hybridized carbons (Fsp3) is 0.500. The summed E-state index contributed by atoms with van der Waals surface area (Å²) in [6.07, 6.45) is 0.694. The summed E-state index contributed by atoms with van der Waals surface area (Å²) in [4.78, 5) is 26.3. The number of carbonyl (C=O) groups is 2. The van der Waals surface area contributed by atoms with E-state index in [1.165, 1.54) is 0 Å². The molecule has 0 heterocycles. The maximum atomic E-state index is 13.1. The van der Waals surface area contributed by atoms with E-state index in [1.54, 1.807) is 24.3 Å². The van der Waals surface area contributed by atoms with Crippen molar-refractivity contribution in [3.8, 4) is 0 Å². The molecule has 5 rings (SSSR count). The molecule has 0 aliphatic heterocycles. The van der Waals surface area contributed by atoms with Gasteiger partial charge in [-0.25, -0.2) is 9.59 Å². The topological polar surface area (TPSA) is 52.6 Å². The van der Waals surface area contributed by atoms with Crippen LogP contribution in [0.1, 0.15) is 75.1 Å². The van der Waals surface area contributed by atoms with E-state index in [1.807, 2.05) is 36.4 Å². The van der Waals surface area contributed by atoms with Crippen molar-refractivity contribution in [1.82, 2.24) is 0 Å². The van der Waals surface area contributed by atoms with Gasteiger partial charge < -0.3 is 9.47 Å². The average Bonchev–Trinajstić information content (AvgIpc) is 2.74. The number of fused-ring (bicyclic) bond motifs is 3. The van der Waals surface area contributed by atoms with Crippen LogP contribution >= 0.6 is 0 Å². The van der Waals surface area contributed by atoms with Gasteiger partial charge in [0.25, 0.3) is 0 Å². The molecule has 0 amide bonds. The number of hydrogen-bond donors (Lipinski definition) is 0. The van der Waals surface area contributed by atoms with Crippen molar-refractivity contribution in [3.05, 3.63) is 71.8 Å². The lowest BCUT2D eigenvalue weighted by molar-refractivity contribution is -0.287. The molecule has 0 N–H and O–H groups in total. The fourth-order valence-corrected chi connectivity index (χ4v) is 6.26. The molecule has 4 unspecified atom stereocenters.